The van der Waals surface area contributed by atoms with Gasteiger partial charge in [-0.1, -0.05) is 43.7 Å². The molecule has 0 bridgehead atoms. The van der Waals surface area contributed by atoms with E-state index in [2.05, 4.69) is 82.4 Å². The first kappa shape index (κ1) is 67.5. The number of aryl methyl sites for hydroxylation is 3. The Labute approximate surface area is 568 Å². The van der Waals surface area contributed by atoms with E-state index in [0.29, 0.717) is 79.0 Å². The van der Waals surface area contributed by atoms with E-state index in [4.69, 9.17) is 33.1 Å². The lowest BCUT2D eigenvalue weighted by Crippen LogP contribution is -2.48. The Morgan fingerprint density at radius 3 is 1.17 bits per heavy atom. The maximum atomic E-state index is 13.4. The quantitative estimate of drug-likeness (QED) is 0.0639. The van der Waals surface area contributed by atoms with Crippen LogP contribution in [0.1, 0.15) is 230 Å². The molecule has 29 heteroatoms. The van der Waals surface area contributed by atoms with Gasteiger partial charge in [0.05, 0.1) is 10.7 Å². The van der Waals surface area contributed by atoms with Gasteiger partial charge in [-0.05, 0) is 211 Å². The lowest BCUT2D eigenvalue weighted by Gasteiger charge is -2.35. The Kier molecular flexibility index (Phi) is 19.9. The number of nitrogens with two attached hydrogens (primary N) is 2. The summed E-state index contributed by atoms with van der Waals surface area (Å²) >= 11 is 8.76. The molecule has 26 nitrogen and oxygen atoms in total. The molecule has 10 heterocycles. The predicted octanol–water partition coefficient (Wildman–Crippen LogP) is 9.41. The summed E-state index contributed by atoms with van der Waals surface area (Å²) in [5.41, 5.74) is 17.0. The van der Waals surface area contributed by atoms with Crippen LogP contribution in [0.4, 0.5) is 34.6 Å². The van der Waals surface area contributed by atoms with Gasteiger partial charge in [0.2, 0.25) is 0 Å². The summed E-state index contributed by atoms with van der Waals surface area (Å²) in [6.07, 6.45) is 36.3. The van der Waals surface area contributed by atoms with Gasteiger partial charge in [-0.25, -0.2) is 39.9 Å². The Hall–Kier alpha value is -8.47. The smallest absolute Gasteiger partial charge is 0.427 e. The zero-order valence-electron chi connectivity index (χ0n) is 54.2. The molecule has 0 aromatic carbocycles. The largest absolute Gasteiger partial charge is 0.454 e. The minimum atomic E-state index is -1.04. The summed E-state index contributed by atoms with van der Waals surface area (Å²) in [7, 11) is -1.04. The van der Waals surface area contributed by atoms with Crippen LogP contribution in [0, 0.1) is 20.8 Å². The van der Waals surface area contributed by atoms with Gasteiger partial charge in [-0.3, -0.25) is 42.5 Å². The molecule has 96 heavy (non-hydrogen) atoms. The number of anilines is 6. The molecule has 0 unspecified atom stereocenters. The van der Waals surface area contributed by atoms with Crippen molar-refractivity contribution in [2.45, 2.75) is 209 Å². The number of carbonyl (C=O) groups excluding carboxylic acids is 3. The number of halogens is 2. The Balaban J connectivity index is 0.000000119. The second-order valence-electron chi connectivity index (χ2n) is 26.9. The number of amides is 3. The first-order valence-electron chi connectivity index (χ1n) is 33.4. The average molecular weight is 1390 g/mol. The number of pyridine rings is 3. The normalized spacial score (nSPS) is 19.3. The van der Waals surface area contributed by atoms with E-state index in [-0.39, 0.29) is 40.2 Å². The topological polar surface area (TPSA) is 373 Å². The lowest BCUT2D eigenvalue weighted by atomic mass is 9.84. The Bertz CT molecular complexity index is 4110. The van der Waals surface area contributed by atoms with E-state index in [9.17, 15) is 28.8 Å². The highest BCUT2D eigenvalue weighted by molar-refractivity contribution is 9.10. The maximum absolute atomic E-state index is 13.4. The molecule has 504 valence electrons. The predicted molar refractivity (Wildman–Crippen MR) is 367 cm³/mol. The molecular formula is C67H81BBrClN18O8. The van der Waals surface area contributed by atoms with Gasteiger partial charge in [-0.2, -0.15) is 0 Å². The molecule has 7 saturated carbocycles. The van der Waals surface area contributed by atoms with Crippen LogP contribution in [0.25, 0.3) is 0 Å². The fraction of sp³-hybridized carbons (Fsp3) is 0.493. The molecule has 17 rings (SSSR count). The number of hydrogen-bond acceptors (Lipinski definition) is 20. The van der Waals surface area contributed by atoms with Crippen molar-refractivity contribution in [2.75, 3.05) is 22.1 Å². The highest BCUT2D eigenvalue weighted by atomic mass is 79.9. The third kappa shape index (κ3) is 14.3. The molecule has 3 amide bonds. The molecule has 3 spiro atoms. The van der Waals surface area contributed by atoms with E-state index in [1.807, 2.05) is 39.4 Å². The molecule has 0 atom stereocenters. The molecular weight excluding hydrogens is 1310 g/mol. The summed E-state index contributed by atoms with van der Waals surface area (Å²) in [6.45, 7) is 5.65. The molecule has 7 aliphatic carbocycles. The van der Waals surface area contributed by atoms with Crippen molar-refractivity contribution in [1.29, 1.82) is 0 Å². The first-order chi connectivity index (χ1) is 46.2. The number of carbonyl (C=O) groups is 3. The van der Waals surface area contributed by atoms with Crippen LogP contribution in [0.5, 0.6) is 0 Å². The summed E-state index contributed by atoms with van der Waals surface area (Å²) < 4.78 is 5.65. The molecule has 10 aliphatic rings. The summed E-state index contributed by atoms with van der Waals surface area (Å²) in [4.78, 5) is 109. The van der Waals surface area contributed by atoms with Gasteiger partial charge in [0.25, 0.3) is 34.4 Å². The lowest BCUT2D eigenvalue weighted by molar-refractivity contribution is 0.0867. The highest BCUT2D eigenvalue weighted by Gasteiger charge is 2.48. The van der Waals surface area contributed by atoms with Crippen molar-refractivity contribution >= 4 is 87.0 Å². The molecule has 3 aliphatic heterocycles. The summed E-state index contributed by atoms with van der Waals surface area (Å²) in [5.74, 6) is 3.78. The minimum absolute atomic E-state index is 0.101. The summed E-state index contributed by atoms with van der Waals surface area (Å²) in [6, 6.07) is 5.28. The van der Waals surface area contributed by atoms with Crippen LogP contribution in [0.2, 0.25) is 10.8 Å². The van der Waals surface area contributed by atoms with E-state index < -0.39 is 24.1 Å². The first-order valence-corrected chi connectivity index (χ1v) is 34.6. The van der Waals surface area contributed by atoms with Crippen molar-refractivity contribution < 1.29 is 24.4 Å². The van der Waals surface area contributed by atoms with Crippen molar-refractivity contribution in [3.8, 4) is 0 Å². The van der Waals surface area contributed by atoms with Crippen molar-refractivity contribution in [2.24, 2.45) is 0 Å². The van der Waals surface area contributed by atoms with E-state index >= 15 is 0 Å². The monoisotopic (exact) mass is 1390 g/mol. The number of hydrogen-bond donors (Lipinski definition) is 9. The fourth-order valence-corrected chi connectivity index (χ4v) is 14.8. The Morgan fingerprint density at radius 2 is 0.833 bits per heavy atom. The van der Waals surface area contributed by atoms with Crippen LogP contribution >= 0.6 is 27.5 Å². The van der Waals surface area contributed by atoms with E-state index in [0.717, 1.165) is 162 Å². The average Bonchev–Trinajstić information content (AvgIpc) is 1.58. The van der Waals surface area contributed by atoms with Gasteiger partial charge in [0, 0.05) is 35.3 Å². The zero-order valence-corrected chi connectivity index (χ0v) is 56.5. The summed E-state index contributed by atoms with van der Waals surface area (Å²) in [5, 5.41) is 32.7. The van der Waals surface area contributed by atoms with Crippen molar-refractivity contribution in [1.82, 2.24) is 69.5 Å². The fourth-order valence-electron chi connectivity index (χ4n) is 14.2. The second-order valence-corrected chi connectivity index (χ2v) is 28.1. The van der Waals surface area contributed by atoms with Crippen LogP contribution in [-0.2, 0) is 17.0 Å². The zero-order chi connectivity index (χ0) is 67.6. The third-order valence-corrected chi connectivity index (χ3v) is 20.6. The molecule has 7 aromatic heterocycles. The van der Waals surface area contributed by atoms with Gasteiger partial charge >= 0.3 is 7.12 Å². The van der Waals surface area contributed by atoms with Crippen LogP contribution < -0.4 is 54.7 Å². The number of aromatic nitrogens is 11. The van der Waals surface area contributed by atoms with E-state index in [1.54, 1.807) is 31.9 Å². The molecule has 7 fully saturated rings. The van der Waals surface area contributed by atoms with Crippen LogP contribution in [0.15, 0.2) is 87.2 Å². The Morgan fingerprint density at radius 1 is 0.490 bits per heavy atom. The van der Waals surface area contributed by atoms with Gasteiger partial charge in [-0.15, -0.1) is 0 Å². The van der Waals surface area contributed by atoms with Gasteiger partial charge in [0.15, 0.2) is 0 Å². The molecule has 0 radical (unpaired) electrons. The highest BCUT2D eigenvalue weighted by Crippen LogP contribution is 2.46. The standard InChI is InChI=1S/2C20H23N5O2.C13H15BrN2O2.C7H9N3.C4H4ClN3.C3H7BO2/c2*1-12-9-15(23-17-14(13-5-6-13)10-21-11-22-17)19(27)25-16(12)18(26)24-20(25)7-3-2-4-8-20;1-8-7-9(14)12(18)16-10(8)11(17)15-13(16)5-3-2-4-6-13;8-7-6(5-1-2-5)3-9-4-10-7;5-3-1-7-2-8-4(3)6;5-4(6)3-1-2-3/h2*9-11,13H,2-8H2,1H3,(H,24,26)(H,21,22,23);7H,2-6H2,1H3,(H,15,17);3-5H,1-2H2,(H2,8,9,10);1-2H,(H2,6,7,8);3,5-6H,1-2H2. The molecule has 11 N–H and O–H groups in total. The second kappa shape index (κ2) is 28.3. The van der Waals surface area contributed by atoms with Crippen molar-refractivity contribution in [3.63, 3.8) is 0 Å². The number of rotatable bonds is 8. The van der Waals surface area contributed by atoms with Crippen LogP contribution in [-0.4, -0.2) is 88.5 Å². The number of nitrogens with one attached hydrogen (secondary N) is 5. The minimum Gasteiger partial charge on any atom is -0.427 e. The van der Waals surface area contributed by atoms with Crippen molar-refractivity contribution in [3.05, 3.63) is 159 Å². The maximum Gasteiger partial charge on any atom is 0.454 e. The molecule has 0 saturated heterocycles. The number of nitrogen functional groups attached to an aromatic ring is 2. The number of fused-ring (bicyclic) bond motifs is 6. The number of nitrogens with zero attached hydrogens (tertiary/aromatic N) is 11. The van der Waals surface area contributed by atoms with Crippen LogP contribution in [0.3, 0.4) is 0 Å². The SMILES string of the molecule is Cc1cc(Br)c(=O)n2c1C(=O)NC21CCCCC1.Cc1cc(Nc2ncncc2C2CC2)c(=O)n2c1C(=O)NC21CCCCC1.Cc1cc(Nc2ncncc2C2CC2)c(=O)n2c1C(=O)NC21CCCCC1.Nc1ncncc1C1CC1.Nc1ncncc1Cl.OB(O)C1CC1. The molecule has 7 aromatic rings. The van der Waals surface area contributed by atoms with Gasteiger partial charge < -0.3 is 48.1 Å². The van der Waals surface area contributed by atoms with Gasteiger partial charge in [0.1, 0.15) is 99.0 Å². The van der Waals surface area contributed by atoms with E-state index in [1.165, 1.54) is 50.8 Å². The third-order valence-electron chi connectivity index (χ3n) is 19.7.